The van der Waals surface area contributed by atoms with Crippen molar-refractivity contribution < 1.29 is 11.9 Å². The van der Waals surface area contributed by atoms with Crippen LogP contribution >= 0.6 is 29.7 Å². The predicted molar refractivity (Wildman–Crippen MR) is 58.4 cm³/mol. The summed E-state index contributed by atoms with van der Waals surface area (Å²) in [5.41, 5.74) is 0. The SMILES string of the molecule is O=[As](O)(O)SSSc1ccccc1. The molecule has 72 valence electrons. The molecule has 0 aliphatic heterocycles. The Labute approximate surface area is 89.5 Å². The molecule has 1 aromatic carbocycles. The average molecular weight is 298 g/mol. The summed E-state index contributed by atoms with van der Waals surface area (Å²) in [7, 11) is 3.10. The van der Waals surface area contributed by atoms with Crippen LogP contribution in [0.2, 0.25) is 0 Å². The van der Waals surface area contributed by atoms with Crippen molar-refractivity contribution in [2.24, 2.45) is 0 Å². The molecule has 0 aliphatic rings. The predicted octanol–water partition coefficient (Wildman–Crippen LogP) is 1.93. The molecule has 0 spiro atoms. The second kappa shape index (κ2) is 5.43. The fourth-order valence-electron chi connectivity index (χ4n) is 0.570. The van der Waals surface area contributed by atoms with Crippen LogP contribution in [0.4, 0.5) is 0 Å². The van der Waals surface area contributed by atoms with Crippen molar-refractivity contribution >= 4 is 42.7 Å². The summed E-state index contributed by atoms with van der Waals surface area (Å²) in [6, 6.07) is 9.45. The zero-order valence-corrected chi connectivity index (χ0v) is 10.7. The van der Waals surface area contributed by atoms with E-state index in [9.17, 15) is 3.74 Å². The Hall–Kier alpha value is 0.548. The first-order valence-electron chi connectivity index (χ1n) is 3.21. The molecule has 0 amide bonds. The van der Waals surface area contributed by atoms with Crippen molar-refractivity contribution in [3.63, 3.8) is 0 Å². The monoisotopic (exact) mass is 298 g/mol. The standard InChI is InChI=1S/C6H7AsO3S3/c8-7(9,10)12-13-11-6-4-2-1-3-5-6/h1-5H,(H2,8,9,10). The van der Waals surface area contributed by atoms with Gasteiger partial charge in [-0.15, -0.1) is 0 Å². The van der Waals surface area contributed by atoms with Crippen molar-refractivity contribution in [3.05, 3.63) is 30.3 Å². The molecule has 0 bridgehead atoms. The van der Waals surface area contributed by atoms with Crippen molar-refractivity contribution in [3.8, 4) is 0 Å². The van der Waals surface area contributed by atoms with Gasteiger partial charge in [-0.05, 0) is 0 Å². The third-order valence-corrected chi connectivity index (χ3v) is 11.6. The summed E-state index contributed by atoms with van der Waals surface area (Å²) in [6.45, 7) is 0. The van der Waals surface area contributed by atoms with E-state index < -0.39 is 13.0 Å². The van der Waals surface area contributed by atoms with Crippen molar-refractivity contribution in [2.45, 2.75) is 4.90 Å². The minimum absolute atomic E-state index is 0.635. The van der Waals surface area contributed by atoms with E-state index in [1.54, 1.807) is 0 Å². The molecule has 0 unspecified atom stereocenters. The zero-order chi connectivity index (χ0) is 9.73. The maximum absolute atomic E-state index is 10.5. The van der Waals surface area contributed by atoms with Gasteiger partial charge in [0.2, 0.25) is 0 Å². The van der Waals surface area contributed by atoms with Crippen LogP contribution in [0.15, 0.2) is 35.2 Å². The Morgan fingerprint density at radius 3 is 2.31 bits per heavy atom. The Kier molecular flexibility index (Phi) is 4.86. The van der Waals surface area contributed by atoms with Crippen molar-refractivity contribution in [1.82, 2.24) is 0 Å². The minimum atomic E-state index is -4.51. The molecule has 0 heterocycles. The van der Waals surface area contributed by atoms with Crippen LogP contribution < -0.4 is 0 Å². The van der Waals surface area contributed by atoms with Gasteiger partial charge in [-0.1, -0.05) is 0 Å². The number of rotatable bonds is 4. The molecule has 3 nitrogen and oxygen atoms in total. The molecule has 2 N–H and O–H groups in total. The number of benzene rings is 1. The Balaban J connectivity index is 2.33. The van der Waals surface area contributed by atoms with E-state index in [4.69, 9.17) is 8.19 Å². The third kappa shape index (κ3) is 5.78. The third-order valence-electron chi connectivity index (χ3n) is 1.00. The molecule has 0 atom stereocenters. The van der Waals surface area contributed by atoms with E-state index in [1.807, 2.05) is 30.3 Å². The maximum atomic E-state index is 10.5. The van der Waals surface area contributed by atoms with Crippen LogP contribution in [0.3, 0.4) is 0 Å². The summed E-state index contributed by atoms with van der Waals surface area (Å²) in [6.07, 6.45) is 0. The van der Waals surface area contributed by atoms with Crippen LogP contribution in [-0.4, -0.2) is 21.2 Å². The molecule has 0 saturated carbocycles. The number of hydrogen-bond acceptors (Lipinski definition) is 4. The average Bonchev–Trinajstić information content (AvgIpc) is 2.04. The summed E-state index contributed by atoms with van der Waals surface area (Å²) in [5, 5.41) is 0. The van der Waals surface area contributed by atoms with Crippen molar-refractivity contribution in [1.29, 1.82) is 0 Å². The molecular formula is C6H7AsO3S3. The summed E-state index contributed by atoms with van der Waals surface area (Å²) in [5.74, 6) is 0. The summed E-state index contributed by atoms with van der Waals surface area (Å²) in [4.78, 5) is 0.990. The molecule has 0 aliphatic carbocycles. The normalized spacial score (nSPS) is 11.5. The van der Waals surface area contributed by atoms with Crippen LogP contribution in [0, 0.1) is 0 Å². The molecular weight excluding hydrogens is 291 g/mol. The van der Waals surface area contributed by atoms with Gasteiger partial charge in [-0.25, -0.2) is 0 Å². The molecule has 0 saturated heterocycles. The summed E-state index contributed by atoms with van der Waals surface area (Å²) >= 11 is -4.51. The van der Waals surface area contributed by atoms with Gasteiger partial charge in [0, 0.05) is 0 Å². The van der Waals surface area contributed by atoms with Crippen LogP contribution in [0.1, 0.15) is 0 Å². The zero-order valence-electron chi connectivity index (χ0n) is 6.36. The van der Waals surface area contributed by atoms with E-state index in [0.29, 0.717) is 9.06 Å². The fraction of sp³-hybridized carbons (Fsp3) is 0. The first-order chi connectivity index (χ1) is 6.08. The van der Waals surface area contributed by atoms with E-state index >= 15 is 0 Å². The van der Waals surface area contributed by atoms with Crippen molar-refractivity contribution in [2.75, 3.05) is 0 Å². The fourth-order valence-corrected chi connectivity index (χ4v) is 9.83. The van der Waals surface area contributed by atoms with E-state index in [2.05, 4.69) is 0 Å². The van der Waals surface area contributed by atoms with Gasteiger partial charge in [0.05, 0.1) is 0 Å². The van der Waals surface area contributed by atoms with E-state index in [-0.39, 0.29) is 0 Å². The van der Waals surface area contributed by atoms with Gasteiger partial charge < -0.3 is 0 Å². The molecule has 13 heavy (non-hydrogen) atoms. The molecule has 1 rings (SSSR count). The van der Waals surface area contributed by atoms with Gasteiger partial charge in [-0.2, -0.15) is 0 Å². The molecule has 0 aromatic heterocycles. The Morgan fingerprint density at radius 2 is 1.77 bits per heavy atom. The Bertz CT molecular complexity index is 299. The van der Waals surface area contributed by atoms with Gasteiger partial charge in [-0.3, -0.25) is 0 Å². The first kappa shape index (κ1) is 11.6. The molecule has 1 aromatic rings. The van der Waals surface area contributed by atoms with E-state index in [1.165, 1.54) is 10.8 Å². The van der Waals surface area contributed by atoms with Gasteiger partial charge >= 0.3 is 89.9 Å². The quantitative estimate of drug-likeness (QED) is 0.654. The van der Waals surface area contributed by atoms with Gasteiger partial charge in [0.25, 0.3) is 0 Å². The first-order valence-corrected chi connectivity index (χ1v) is 11.4. The Morgan fingerprint density at radius 1 is 1.15 bits per heavy atom. The summed E-state index contributed by atoms with van der Waals surface area (Å²) < 4.78 is 27.7. The molecule has 0 fully saturated rings. The van der Waals surface area contributed by atoms with Crippen LogP contribution in [-0.2, 0) is 3.74 Å². The molecule has 7 heteroatoms. The second-order valence-corrected chi connectivity index (χ2v) is 12.9. The van der Waals surface area contributed by atoms with Gasteiger partial charge in [0.1, 0.15) is 0 Å². The molecule has 0 radical (unpaired) electrons. The topological polar surface area (TPSA) is 57.5 Å². The van der Waals surface area contributed by atoms with Crippen LogP contribution in [0.5, 0.6) is 0 Å². The van der Waals surface area contributed by atoms with Gasteiger partial charge in [0.15, 0.2) is 0 Å². The van der Waals surface area contributed by atoms with Crippen LogP contribution in [0.25, 0.3) is 0 Å². The second-order valence-electron chi connectivity index (χ2n) is 2.03. The number of hydrogen-bond donors (Lipinski definition) is 2. The van der Waals surface area contributed by atoms with E-state index in [0.717, 1.165) is 14.7 Å².